The van der Waals surface area contributed by atoms with Gasteiger partial charge in [-0.05, 0) is 63.1 Å². The van der Waals surface area contributed by atoms with Crippen molar-refractivity contribution in [2.45, 2.75) is 6.92 Å². The topological polar surface area (TPSA) is 37.8 Å². The van der Waals surface area contributed by atoms with Crippen molar-refractivity contribution in [3.05, 3.63) is 44.3 Å². The second kappa shape index (κ2) is 5.09. The van der Waals surface area contributed by atoms with E-state index >= 15 is 0 Å². The van der Waals surface area contributed by atoms with Gasteiger partial charge in [0.2, 0.25) is 0 Å². The number of halogens is 2. The predicted molar refractivity (Wildman–Crippen MR) is 76.9 cm³/mol. The third-order valence-corrected chi connectivity index (χ3v) is 3.52. The molecule has 5 heteroatoms. The SMILES string of the molecule is Cc1ccc(Br)c(Nc2ncncc2I)c1. The first-order valence-electron chi connectivity index (χ1n) is 4.65. The number of hydrogen-bond acceptors (Lipinski definition) is 3. The Morgan fingerprint density at radius 3 is 2.94 bits per heavy atom. The van der Waals surface area contributed by atoms with Crippen LogP contribution in [-0.2, 0) is 0 Å². The normalized spacial score (nSPS) is 10.2. The Bertz CT molecular complexity index is 516. The molecule has 0 spiro atoms. The Morgan fingerprint density at radius 2 is 2.19 bits per heavy atom. The van der Waals surface area contributed by atoms with E-state index in [2.05, 4.69) is 72.9 Å². The smallest absolute Gasteiger partial charge is 0.147 e. The van der Waals surface area contributed by atoms with Crippen LogP contribution in [0.1, 0.15) is 5.56 Å². The van der Waals surface area contributed by atoms with E-state index in [1.165, 1.54) is 11.9 Å². The number of hydrogen-bond donors (Lipinski definition) is 1. The highest BCUT2D eigenvalue weighted by molar-refractivity contribution is 14.1. The lowest BCUT2D eigenvalue weighted by atomic mass is 10.2. The molecule has 0 atom stereocenters. The van der Waals surface area contributed by atoms with Crippen molar-refractivity contribution < 1.29 is 0 Å². The summed E-state index contributed by atoms with van der Waals surface area (Å²) in [5, 5.41) is 3.28. The van der Waals surface area contributed by atoms with E-state index in [0.717, 1.165) is 19.5 Å². The van der Waals surface area contributed by atoms with Crippen LogP contribution >= 0.6 is 38.5 Å². The van der Waals surface area contributed by atoms with Crippen LogP contribution in [0, 0.1) is 10.5 Å². The van der Waals surface area contributed by atoms with Gasteiger partial charge in [0.15, 0.2) is 0 Å². The maximum atomic E-state index is 4.19. The average molecular weight is 390 g/mol. The fraction of sp³-hybridized carbons (Fsp3) is 0.0909. The molecule has 0 radical (unpaired) electrons. The van der Waals surface area contributed by atoms with Gasteiger partial charge in [-0.15, -0.1) is 0 Å². The van der Waals surface area contributed by atoms with Gasteiger partial charge in [-0.1, -0.05) is 6.07 Å². The zero-order valence-electron chi connectivity index (χ0n) is 8.54. The molecule has 1 aromatic heterocycles. The van der Waals surface area contributed by atoms with E-state index in [4.69, 9.17) is 0 Å². The molecule has 2 aromatic rings. The van der Waals surface area contributed by atoms with Crippen molar-refractivity contribution in [2.75, 3.05) is 5.32 Å². The van der Waals surface area contributed by atoms with Gasteiger partial charge in [0.25, 0.3) is 0 Å². The van der Waals surface area contributed by atoms with Gasteiger partial charge in [0.05, 0.1) is 9.26 Å². The lowest BCUT2D eigenvalue weighted by Crippen LogP contribution is -1.97. The van der Waals surface area contributed by atoms with Crippen molar-refractivity contribution in [3.63, 3.8) is 0 Å². The first-order valence-corrected chi connectivity index (χ1v) is 6.52. The quantitative estimate of drug-likeness (QED) is 0.791. The van der Waals surface area contributed by atoms with Crippen molar-refractivity contribution in [2.24, 2.45) is 0 Å². The highest BCUT2D eigenvalue weighted by Gasteiger charge is 2.04. The molecule has 0 aliphatic carbocycles. The minimum absolute atomic E-state index is 0.821. The molecule has 0 fully saturated rings. The van der Waals surface area contributed by atoms with Gasteiger partial charge in [-0.25, -0.2) is 9.97 Å². The summed E-state index contributed by atoms with van der Waals surface area (Å²) < 4.78 is 2.01. The Labute approximate surface area is 116 Å². The van der Waals surface area contributed by atoms with Crippen LogP contribution in [0.15, 0.2) is 35.2 Å². The summed E-state index contributed by atoms with van der Waals surface area (Å²) in [6.45, 7) is 2.06. The van der Waals surface area contributed by atoms with Gasteiger partial charge >= 0.3 is 0 Å². The van der Waals surface area contributed by atoms with Crippen LogP contribution in [0.2, 0.25) is 0 Å². The Kier molecular flexibility index (Phi) is 3.75. The summed E-state index contributed by atoms with van der Waals surface area (Å²) in [4.78, 5) is 8.15. The molecule has 0 unspecified atom stereocenters. The summed E-state index contributed by atoms with van der Waals surface area (Å²) in [5.74, 6) is 0.821. The van der Waals surface area contributed by atoms with Crippen LogP contribution in [-0.4, -0.2) is 9.97 Å². The second-order valence-electron chi connectivity index (χ2n) is 3.33. The largest absolute Gasteiger partial charge is 0.338 e. The van der Waals surface area contributed by atoms with Crippen molar-refractivity contribution in [1.82, 2.24) is 9.97 Å². The number of anilines is 2. The first-order chi connectivity index (χ1) is 7.66. The molecule has 0 saturated heterocycles. The fourth-order valence-electron chi connectivity index (χ4n) is 1.27. The minimum Gasteiger partial charge on any atom is -0.338 e. The van der Waals surface area contributed by atoms with Gasteiger partial charge in [0, 0.05) is 10.7 Å². The third kappa shape index (κ3) is 2.70. The summed E-state index contributed by atoms with van der Waals surface area (Å²) in [6.07, 6.45) is 3.31. The average Bonchev–Trinajstić information content (AvgIpc) is 2.27. The van der Waals surface area contributed by atoms with Gasteiger partial charge in [-0.3, -0.25) is 0 Å². The minimum atomic E-state index is 0.821. The van der Waals surface area contributed by atoms with Crippen molar-refractivity contribution in [3.8, 4) is 0 Å². The molecule has 0 amide bonds. The maximum Gasteiger partial charge on any atom is 0.147 e. The Hall–Kier alpha value is -0.690. The van der Waals surface area contributed by atoms with Crippen LogP contribution in [0.5, 0.6) is 0 Å². The number of aromatic nitrogens is 2. The number of benzene rings is 1. The highest BCUT2D eigenvalue weighted by atomic mass is 127. The van der Waals surface area contributed by atoms with Crippen LogP contribution in [0.3, 0.4) is 0 Å². The lowest BCUT2D eigenvalue weighted by Gasteiger charge is -2.09. The Morgan fingerprint density at radius 1 is 1.38 bits per heavy atom. The summed E-state index contributed by atoms with van der Waals surface area (Å²) in [6, 6.07) is 6.15. The molecular weight excluding hydrogens is 381 g/mol. The van der Waals surface area contributed by atoms with Gasteiger partial charge in [0.1, 0.15) is 12.1 Å². The van der Waals surface area contributed by atoms with Gasteiger partial charge < -0.3 is 5.32 Å². The molecule has 1 heterocycles. The molecule has 1 N–H and O–H groups in total. The zero-order valence-corrected chi connectivity index (χ0v) is 12.3. The van der Waals surface area contributed by atoms with Gasteiger partial charge in [-0.2, -0.15) is 0 Å². The molecule has 0 bridgehead atoms. The van der Waals surface area contributed by atoms with E-state index in [9.17, 15) is 0 Å². The molecule has 3 nitrogen and oxygen atoms in total. The summed E-state index contributed by atoms with van der Waals surface area (Å²) >= 11 is 5.71. The predicted octanol–water partition coefficient (Wildman–Crippen LogP) is 3.90. The number of aryl methyl sites for hydroxylation is 1. The first kappa shape index (κ1) is 11.8. The molecule has 0 aliphatic heterocycles. The monoisotopic (exact) mass is 389 g/mol. The van der Waals surface area contributed by atoms with Crippen LogP contribution < -0.4 is 5.32 Å². The molecule has 0 aliphatic rings. The molecular formula is C11H9BrIN3. The van der Waals surface area contributed by atoms with E-state index < -0.39 is 0 Å². The van der Waals surface area contributed by atoms with E-state index in [0.29, 0.717) is 0 Å². The van der Waals surface area contributed by atoms with E-state index in [1.54, 1.807) is 6.20 Å². The van der Waals surface area contributed by atoms with Crippen LogP contribution in [0.25, 0.3) is 0 Å². The van der Waals surface area contributed by atoms with Crippen molar-refractivity contribution >= 4 is 50.0 Å². The summed E-state index contributed by atoms with van der Waals surface area (Å²) in [7, 11) is 0. The Balaban J connectivity index is 2.34. The van der Waals surface area contributed by atoms with Crippen LogP contribution in [0.4, 0.5) is 11.5 Å². The molecule has 82 valence electrons. The molecule has 1 aromatic carbocycles. The molecule has 16 heavy (non-hydrogen) atoms. The highest BCUT2D eigenvalue weighted by Crippen LogP contribution is 2.27. The third-order valence-electron chi connectivity index (χ3n) is 2.04. The lowest BCUT2D eigenvalue weighted by molar-refractivity contribution is 1.15. The zero-order chi connectivity index (χ0) is 11.5. The maximum absolute atomic E-state index is 4.19. The second-order valence-corrected chi connectivity index (χ2v) is 5.34. The fourth-order valence-corrected chi connectivity index (χ4v) is 2.05. The number of nitrogens with zero attached hydrogens (tertiary/aromatic N) is 2. The molecule has 2 rings (SSSR count). The number of nitrogens with one attached hydrogen (secondary N) is 1. The number of rotatable bonds is 2. The summed E-state index contributed by atoms with van der Waals surface area (Å²) in [5.41, 5.74) is 2.21. The standard InChI is InChI=1S/C11H9BrIN3/c1-7-2-3-8(12)10(4-7)16-11-9(13)5-14-6-15-11/h2-6H,1H3,(H,14,15,16). The molecule has 0 saturated carbocycles. The van der Waals surface area contributed by atoms with E-state index in [1.807, 2.05) is 6.07 Å². The van der Waals surface area contributed by atoms with E-state index in [-0.39, 0.29) is 0 Å². The van der Waals surface area contributed by atoms with Crippen molar-refractivity contribution in [1.29, 1.82) is 0 Å².